The second-order valence-electron chi connectivity index (χ2n) is 5.85. The number of rotatable bonds is 4. The molecule has 1 aromatic rings. The van der Waals surface area contributed by atoms with E-state index in [1.165, 1.54) is 6.20 Å². The Morgan fingerprint density at radius 3 is 2.61 bits per heavy atom. The predicted octanol–water partition coefficient (Wildman–Crippen LogP) is 3.03. The van der Waals surface area contributed by atoms with E-state index in [1.54, 1.807) is 10.8 Å². The lowest BCUT2D eigenvalue weighted by Crippen LogP contribution is -2.41. The van der Waals surface area contributed by atoms with Crippen molar-refractivity contribution in [3.05, 3.63) is 27.4 Å². The summed E-state index contributed by atoms with van der Waals surface area (Å²) < 4.78 is 8.31. The Morgan fingerprint density at radius 1 is 1.44 bits per heavy atom. The molecule has 0 aromatic carbocycles. The molecular formula is C12H21BrN2O2Si. The zero-order valence-corrected chi connectivity index (χ0v) is 14.2. The molecule has 0 atom stereocenters. The summed E-state index contributed by atoms with van der Waals surface area (Å²) in [6.07, 6.45) is 3.01. The highest BCUT2D eigenvalue weighted by Gasteiger charge is 2.36. The summed E-state index contributed by atoms with van der Waals surface area (Å²) in [6.45, 7) is 12.1. The van der Waals surface area contributed by atoms with E-state index < -0.39 is 8.32 Å². The van der Waals surface area contributed by atoms with E-state index >= 15 is 0 Å². The SMILES string of the molecule is CC(C)(C)[Si](C)(C)OCCn1cc(Br)ncc1=O. The maximum atomic E-state index is 11.6. The van der Waals surface area contributed by atoms with Gasteiger partial charge in [0.2, 0.25) is 0 Å². The van der Waals surface area contributed by atoms with Crippen LogP contribution in [0.25, 0.3) is 0 Å². The highest BCUT2D eigenvalue weighted by atomic mass is 79.9. The first-order valence-corrected chi connectivity index (χ1v) is 9.69. The molecule has 4 nitrogen and oxygen atoms in total. The summed E-state index contributed by atoms with van der Waals surface area (Å²) >= 11 is 3.26. The molecule has 0 aliphatic rings. The number of hydrogen-bond donors (Lipinski definition) is 0. The van der Waals surface area contributed by atoms with Gasteiger partial charge in [0.25, 0.3) is 5.56 Å². The van der Waals surface area contributed by atoms with E-state index in [-0.39, 0.29) is 10.6 Å². The van der Waals surface area contributed by atoms with Crippen molar-refractivity contribution in [2.45, 2.75) is 45.4 Å². The molecule has 0 saturated carbocycles. The van der Waals surface area contributed by atoms with Crippen LogP contribution in [-0.2, 0) is 11.0 Å². The van der Waals surface area contributed by atoms with Crippen molar-refractivity contribution in [1.29, 1.82) is 0 Å². The van der Waals surface area contributed by atoms with Crippen molar-refractivity contribution >= 4 is 24.2 Å². The standard InChI is InChI=1S/C12H21BrN2O2Si/c1-12(2,3)18(4,5)17-7-6-15-9-10(13)14-8-11(15)16/h8-9H,6-7H2,1-5H3. The molecule has 0 radical (unpaired) electrons. The Bertz CT molecular complexity index is 466. The Hall–Kier alpha value is -0.463. The van der Waals surface area contributed by atoms with Gasteiger partial charge >= 0.3 is 0 Å². The van der Waals surface area contributed by atoms with Gasteiger partial charge in [-0.3, -0.25) is 4.79 Å². The van der Waals surface area contributed by atoms with Crippen LogP contribution >= 0.6 is 15.9 Å². The summed E-state index contributed by atoms with van der Waals surface area (Å²) in [5.74, 6) is 0. The monoisotopic (exact) mass is 332 g/mol. The fourth-order valence-electron chi connectivity index (χ4n) is 1.21. The molecular weight excluding hydrogens is 312 g/mol. The molecule has 0 bridgehead atoms. The third-order valence-corrected chi connectivity index (χ3v) is 8.39. The molecule has 102 valence electrons. The molecule has 0 saturated heterocycles. The minimum Gasteiger partial charge on any atom is -0.415 e. The summed E-state index contributed by atoms with van der Waals surface area (Å²) in [7, 11) is -1.73. The lowest BCUT2D eigenvalue weighted by atomic mass is 10.2. The molecule has 0 fully saturated rings. The second kappa shape index (κ2) is 5.67. The van der Waals surface area contributed by atoms with Crippen molar-refractivity contribution in [1.82, 2.24) is 9.55 Å². The maximum Gasteiger partial charge on any atom is 0.269 e. The first-order chi connectivity index (χ1) is 8.13. The van der Waals surface area contributed by atoms with Crippen molar-refractivity contribution in [3.63, 3.8) is 0 Å². The molecule has 0 amide bonds. The molecule has 0 unspecified atom stereocenters. The van der Waals surface area contributed by atoms with Crippen molar-refractivity contribution in [2.24, 2.45) is 0 Å². The number of aromatic nitrogens is 2. The van der Waals surface area contributed by atoms with Crippen LogP contribution in [0.4, 0.5) is 0 Å². The highest BCUT2D eigenvalue weighted by molar-refractivity contribution is 9.10. The molecule has 6 heteroatoms. The summed E-state index contributed by atoms with van der Waals surface area (Å²) in [5, 5.41) is 0.191. The molecule has 0 spiro atoms. The van der Waals surface area contributed by atoms with Gasteiger partial charge in [-0.1, -0.05) is 20.8 Å². The average Bonchev–Trinajstić information content (AvgIpc) is 2.21. The summed E-state index contributed by atoms with van der Waals surface area (Å²) in [6, 6.07) is 0. The number of hydrogen-bond acceptors (Lipinski definition) is 3. The predicted molar refractivity (Wildman–Crippen MR) is 79.3 cm³/mol. The van der Waals surface area contributed by atoms with Crippen LogP contribution in [-0.4, -0.2) is 24.5 Å². The Balaban J connectivity index is 2.62. The average molecular weight is 333 g/mol. The largest absolute Gasteiger partial charge is 0.415 e. The fourth-order valence-corrected chi connectivity index (χ4v) is 2.59. The van der Waals surface area contributed by atoms with Gasteiger partial charge in [0, 0.05) is 12.7 Å². The van der Waals surface area contributed by atoms with E-state index in [0.29, 0.717) is 17.8 Å². The second-order valence-corrected chi connectivity index (χ2v) is 11.5. The zero-order chi connectivity index (χ0) is 14.0. The van der Waals surface area contributed by atoms with Gasteiger partial charge in [-0.25, -0.2) is 4.98 Å². The molecule has 1 rings (SSSR count). The van der Waals surface area contributed by atoms with Crippen LogP contribution in [0.2, 0.25) is 18.1 Å². The van der Waals surface area contributed by atoms with Gasteiger partial charge < -0.3 is 8.99 Å². The van der Waals surface area contributed by atoms with Gasteiger partial charge in [0.1, 0.15) is 4.60 Å². The Labute approximate surface area is 118 Å². The molecule has 18 heavy (non-hydrogen) atoms. The van der Waals surface area contributed by atoms with E-state index in [1.807, 2.05) is 0 Å². The molecule has 0 N–H and O–H groups in total. The van der Waals surface area contributed by atoms with E-state index in [9.17, 15) is 4.79 Å². The van der Waals surface area contributed by atoms with E-state index in [0.717, 1.165) is 0 Å². The van der Waals surface area contributed by atoms with Crippen molar-refractivity contribution < 1.29 is 4.43 Å². The van der Waals surface area contributed by atoms with Crippen LogP contribution in [0.15, 0.2) is 21.8 Å². The minimum atomic E-state index is -1.73. The zero-order valence-electron chi connectivity index (χ0n) is 11.7. The first-order valence-electron chi connectivity index (χ1n) is 5.99. The van der Waals surface area contributed by atoms with E-state index in [2.05, 4.69) is 54.8 Å². The molecule has 0 aliphatic carbocycles. The quantitative estimate of drug-likeness (QED) is 0.796. The highest BCUT2D eigenvalue weighted by Crippen LogP contribution is 2.36. The Kier molecular flexibility index (Phi) is 4.91. The first kappa shape index (κ1) is 15.6. The third-order valence-electron chi connectivity index (χ3n) is 3.45. The van der Waals surface area contributed by atoms with Crippen molar-refractivity contribution in [2.75, 3.05) is 6.61 Å². The van der Waals surface area contributed by atoms with E-state index in [4.69, 9.17) is 4.43 Å². The molecule has 1 aromatic heterocycles. The van der Waals surface area contributed by atoms with Gasteiger partial charge in [-0.2, -0.15) is 0 Å². The summed E-state index contributed by atoms with van der Waals surface area (Å²) in [5.41, 5.74) is -0.1000. The topological polar surface area (TPSA) is 44.1 Å². The van der Waals surface area contributed by atoms with Crippen LogP contribution in [0.3, 0.4) is 0 Å². The van der Waals surface area contributed by atoms with Gasteiger partial charge in [0.15, 0.2) is 8.32 Å². The van der Waals surface area contributed by atoms with Crippen molar-refractivity contribution in [3.8, 4) is 0 Å². The maximum absolute atomic E-state index is 11.6. The third kappa shape index (κ3) is 4.03. The lowest BCUT2D eigenvalue weighted by Gasteiger charge is -2.36. The van der Waals surface area contributed by atoms with Crippen LogP contribution in [0, 0.1) is 0 Å². The summed E-state index contributed by atoms with van der Waals surface area (Å²) in [4.78, 5) is 15.4. The van der Waals surface area contributed by atoms with Gasteiger partial charge in [-0.05, 0) is 34.1 Å². The minimum absolute atomic E-state index is 0.1000. The smallest absolute Gasteiger partial charge is 0.269 e. The Morgan fingerprint density at radius 2 is 2.06 bits per heavy atom. The molecule has 0 aliphatic heterocycles. The number of nitrogens with zero attached hydrogens (tertiary/aromatic N) is 2. The fraction of sp³-hybridized carbons (Fsp3) is 0.667. The normalized spacial score (nSPS) is 12.8. The lowest BCUT2D eigenvalue weighted by molar-refractivity contribution is 0.270. The van der Waals surface area contributed by atoms with Crippen LogP contribution in [0.5, 0.6) is 0 Å². The van der Waals surface area contributed by atoms with Crippen LogP contribution in [0.1, 0.15) is 20.8 Å². The van der Waals surface area contributed by atoms with Crippen LogP contribution < -0.4 is 5.56 Å². The number of halogens is 1. The van der Waals surface area contributed by atoms with Gasteiger partial charge in [0.05, 0.1) is 12.8 Å². The van der Waals surface area contributed by atoms with Gasteiger partial charge in [-0.15, -0.1) is 0 Å². The molecule has 1 heterocycles.